The van der Waals surface area contributed by atoms with E-state index in [0.29, 0.717) is 6.04 Å². The fourth-order valence-corrected chi connectivity index (χ4v) is 3.95. The lowest BCUT2D eigenvalue weighted by atomic mass is 10.1. The molecular formula is C16H23BrN2O. The first kappa shape index (κ1) is 14.4. The molecule has 1 saturated heterocycles. The van der Waals surface area contributed by atoms with Gasteiger partial charge in [0.05, 0.1) is 6.61 Å². The van der Waals surface area contributed by atoms with Crippen molar-refractivity contribution < 1.29 is 4.74 Å². The third kappa shape index (κ3) is 3.02. The minimum absolute atomic E-state index is 0.709. The van der Waals surface area contributed by atoms with Gasteiger partial charge in [-0.2, -0.15) is 0 Å². The summed E-state index contributed by atoms with van der Waals surface area (Å²) in [6.45, 7) is 7.49. The fraction of sp³-hybridized carbons (Fsp3) is 0.625. The van der Waals surface area contributed by atoms with Crippen LogP contribution in [0.5, 0.6) is 5.75 Å². The molecule has 3 nitrogen and oxygen atoms in total. The van der Waals surface area contributed by atoms with Crippen LogP contribution in [0.4, 0.5) is 0 Å². The smallest absolute Gasteiger partial charge is 0.127 e. The average molecular weight is 339 g/mol. The second-order valence-electron chi connectivity index (χ2n) is 5.71. The standard InChI is InChI=1S/C16H23BrN2O/c1-2-19-6-3-4-15(19)11-18-10-13-9-14(17)8-12-5-7-20-16(12)13/h8-9,15,18H,2-7,10-11H2,1H3. The zero-order valence-corrected chi connectivity index (χ0v) is 13.7. The molecule has 1 aromatic carbocycles. The molecule has 3 rings (SSSR count). The average Bonchev–Trinajstić information content (AvgIpc) is 3.06. The summed E-state index contributed by atoms with van der Waals surface area (Å²) < 4.78 is 6.94. The summed E-state index contributed by atoms with van der Waals surface area (Å²) >= 11 is 3.60. The molecule has 2 aliphatic heterocycles. The van der Waals surface area contributed by atoms with E-state index in [4.69, 9.17) is 4.74 Å². The Morgan fingerprint density at radius 1 is 1.45 bits per heavy atom. The number of rotatable bonds is 5. The molecule has 2 aliphatic rings. The number of halogens is 1. The highest BCUT2D eigenvalue weighted by Gasteiger charge is 2.23. The maximum atomic E-state index is 5.78. The van der Waals surface area contributed by atoms with Gasteiger partial charge in [-0.3, -0.25) is 4.90 Å². The summed E-state index contributed by atoms with van der Waals surface area (Å²) in [5, 5.41) is 3.62. The van der Waals surface area contributed by atoms with Crippen molar-refractivity contribution in [2.45, 2.75) is 38.8 Å². The molecule has 1 unspecified atom stereocenters. The van der Waals surface area contributed by atoms with Crippen LogP contribution in [0.3, 0.4) is 0 Å². The molecule has 1 N–H and O–H groups in total. The van der Waals surface area contributed by atoms with Crippen LogP contribution in [0.15, 0.2) is 16.6 Å². The largest absolute Gasteiger partial charge is 0.493 e. The number of hydrogen-bond donors (Lipinski definition) is 1. The van der Waals surface area contributed by atoms with E-state index in [1.165, 1.54) is 37.1 Å². The number of likely N-dealkylation sites (N-methyl/N-ethyl adjacent to an activating group) is 1. The van der Waals surface area contributed by atoms with E-state index in [0.717, 1.165) is 36.3 Å². The first-order valence-corrected chi connectivity index (χ1v) is 8.46. The highest BCUT2D eigenvalue weighted by Crippen LogP contribution is 2.32. The number of hydrogen-bond acceptors (Lipinski definition) is 3. The van der Waals surface area contributed by atoms with Gasteiger partial charge in [0.1, 0.15) is 5.75 Å². The maximum absolute atomic E-state index is 5.78. The van der Waals surface area contributed by atoms with Crippen LogP contribution in [0, 0.1) is 0 Å². The molecule has 0 saturated carbocycles. The van der Waals surface area contributed by atoms with Crippen LogP contribution in [0.25, 0.3) is 0 Å². The Morgan fingerprint density at radius 2 is 2.35 bits per heavy atom. The van der Waals surface area contributed by atoms with Gasteiger partial charge >= 0.3 is 0 Å². The molecule has 2 heterocycles. The van der Waals surface area contributed by atoms with E-state index >= 15 is 0 Å². The van der Waals surface area contributed by atoms with Gasteiger partial charge in [0.2, 0.25) is 0 Å². The molecule has 1 atom stereocenters. The minimum Gasteiger partial charge on any atom is -0.493 e. The molecule has 0 amide bonds. The second-order valence-corrected chi connectivity index (χ2v) is 6.62. The van der Waals surface area contributed by atoms with Gasteiger partial charge in [0.15, 0.2) is 0 Å². The predicted molar refractivity (Wildman–Crippen MR) is 85.3 cm³/mol. The quantitative estimate of drug-likeness (QED) is 0.893. The highest BCUT2D eigenvalue weighted by atomic mass is 79.9. The number of nitrogens with zero attached hydrogens (tertiary/aromatic N) is 1. The van der Waals surface area contributed by atoms with Gasteiger partial charge in [-0.05, 0) is 43.6 Å². The molecule has 0 aromatic heterocycles. The summed E-state index contributed by atoms with van der Waals surface area (Å²) in [6, 6.07) is 5.08. The third-order valence-corrected chi connectivity index (χ3v) is 4.88. The SMILES string of the molecule is CCN1CCCC1CNCc1cc(Br)cc2c1OCC2. The van der Waals surface area contributed by atoms with E-state index in [-0.39, 0.29) is 0 Å². The molecule has 110 valence electrons. The number of fused-ring (bicyclic) bond motifs is 1. The van der Waals surface area contributed by atoms with Gasteiger partial charge in [0, 0.05) is 35.6 Å². The monoisotopic (exact) mass is 338 g/mol. The second kappa shape index (κ2) is 6.46. The van der Waals surface area contributed by atoms with Crippen molar-refractivity contribution in [2.24, 2.45) is 0 Å². The lowest BCUT2D eigenvalue weighted by Gasteiger charge is -2.23. The number of benzene rings is 1. The molecular weight excluding hydrogens is 316 g/mol. The molecule has 4 heteroatoms. The maximum Gasteiger partial charge on any atom is 0.127 e. The van der Waals surface area contributed by atoms with Crippen molar-refractivity contribution in [2.75, 3.05) is 26.2 Å². The van der Waals surface area contributed by atoms with Crippen LogP contribution < -0.4 is 10.1 Å². The number of nitrogens with one attached hydrogen (secondary N) is 1. The lowest BCUT2D eigenvalue weighted by Crippen LogP contribution is -2.37. The van der Waals surface area contributed by atoms with Gasteiger partial charge in [-0.25, -0.2) is 0 Å². The zero-order chi connectivity index (χ0) is 13.9. The Labute approximate surface area is 129 Å². The predicted octanol–water partition coefficient (Wildman–Crippen LogP) is 2.96. The molecule has 1 aromatic rings. The van der Waals surface area contributed by atoms with E-state index in [2.05, 4.69) is 45.2 Å². The number of likely N-dealkylation sites (tertiary alicyclic amines) is 1. The molecule has 0 bridgehead atoms. The Hall–Kier alpha value is -0.580. The first-order chi connectivity index (χ1) is 9.78. The van der Waals surface area contributed by atoms with Crippen LogP contribution in [-0.4, -0.2) is 37.2 Å². The van der Waals surface area contributed by atoms with Crippen LogP contribution in [0.2, 0.25) is 0 Å². The number of ether oxygens (including phenoxy) is 1. The van der Waals surface area contributed by atoms with Crippen LogP contribution in [0.1, 0.15) is 30.9 Å². The zero-order valence-electron chi connectivity index (χ0n) is 12.1. The van der Waals surface area contributed by atoms with Gasteiger partial charge in [-0.15, -0.1) is 0 Å². The van der Waals surface area contributed by atoms with Gasteiger partial charge < -0.3 is 10.1 Å². The van der Waals surface area contributed by atoms with Crippen molar-refractivity contribution in [1.29, 1.82) is 0 Å². The Kier molecular flexibility index (Phi) is 4.64. The first-order valence-electron chi connectivity index (χ1n) is 7.66. The third-order valence-electron chi connectivity index (χ3n) is 4.43. The van der Waals surface area contributed by atoms with Gasteiger partial charge in [0.25, 0.3) is 0 Å². The minimum atomic E-state index is 0.709. The van der Waals surface area contributed by atoms with Crippen molar-refractivity contribution in [3.05, 3.63) is 27.7 Å². The van der Waals surface area contributed by atoms with E-state index in [1.807, 2.05) is 0 Å². The lowest BCUT2D eigenvalue weighted by molar-refractivity contribution is 0.259. The van der Waals surface area contributed by atoms with Crippen LogP contribution in [-0.2, 0) is 13.0 Å². The molecule has 0 radical (unpaired) electrons. The molecule has 0 spiro atoms. The normalized spacial score (nSPS) is 22.0. The van der Waals surface area contributed by atoms with E-state index in [1.54, 1.807) is 0 Å². The Morgan fingerprint density at radius 3 is 3.20 bits per heavy atom. The van der Waals surface area contributed by atoms with Crippen molar-refractivity contribution in [3.8, 4) is 5.75 Å². The molecule has 20 heavy (non-hydrogen) atoms. The van der Waals surface area contributed by atoms with Crippen molar-refractivity contribution in [1.82, 2.24) is 10.2 Å². The summed E-state index contributed by atoms with van der Waals surface area (Å²) in [5.74, 6) is 1.11. The van der Waals surface area contributed by atoms with E-state index in [9.17, 15) is 0 Å². The van der Waals surface area contributed by atoms with Gasteiger partial charge in [-0.1, -0.05) is 22.9 Å². The summed E-state index contributed by atoms with van der Waals surface area (Å²) in [5.41, 5.74) is 2.63. The molecule has 0 aliphatic carbocycles. The van der Waals surface area contributed by atoms with Crippen molar-refractivity contribution >= 4 is 15.9 Å². The fourth-order valence-electron chi connectivity index (χ4n) is 3.39. The van der Waals surface area contributed by atoms with Crippen molar-refractivity contribution in [3.63, 3.8) is 0 Å². The summed E-state index contributed by atoms with van der Waals surface area (Å²) in [7, 11) is 0. The Bertz CT molecular complexity index is 478. The van der Waals surface area contributed by atoms with Crippen LogP contribution >= 0.6 is 15.9 Å². The topological polar surface area (TPSA) is 24.5 Å². The van der Waals surface area contributed by atoms with E-state index < -0.39 is 0 Å². The summed E-state index contributed by atoms with van der Waals surface area (Å²) in [4.78, 5) is 2.58. The Balaban J connectivity index is 1.59. The highest BCUT2D eigenvalue weighted by molar-refractivity contribution is 9.10. The molecule has 1 fully saturated rings. The summed E-state index contributed by atoms with van der Waals surface area (Å²) in [6.07, 6.45) is 3.71.